The lowest BCUT2D eigenvalue weighted by atomic mass is 9.88. The molecular weight excluding hydrogens is 280 g/mol. The summed E-state index contributed by atoms with van der Waals surface area (Å²) in [5.74, 6) is 0.174. The van der Waals surface area contributed by atoms with Crippen LogP contribution in [0, 0.1) is 12.3 Å². The minimum Gasteiger partial charge on any atom is -0.495 e. The van der Waals surface area contributed by atoms with Gasteiger partial charge in [-0.15, -0.1) is 0 Å². The van der Waals surface area contributed by atoms with Crippen molar-refractivity contribution >= 4 is 29.1 Å². The molecule has 1 heterocycles. The molecule has 0 bridgehead atoms. The van der Waals surface area contributed by atoms with E-state index in [1.165, 1.54) is 7.11 Å². The molecule has 2 rings (SSSR count). The first kappa shape index (κ1) is 14.7. The van der Waals surface area contributed by atoms with E-state index < -0.39 is 5.41 Å². The van der Waals surface area contributed by atoms with Crippen molar-refractivity contribution in [3.05, 3.63) is 22.7 Å². The zero-order valence-corrected chi connectivity index (χ0v) is 12.4. The number of ether oxygens (including phenoxy) is 1. The third-order valence-electron chi connectivity index (χ3n) is 3.50. The van der Waals surface area contributed by atoms with Crippen molar-refractivity contribution < 1.29 is 14.3 Å². The van der Waals surface area contributed by atoms with Gasteiger partial charge >= 0.3 is 0 Å². The van der Waals surface area contributed by atoms with E-state index in [9.17, 15) is 9.59 Å². The molecule has 6 heteroatoms. The highest BCUT2D eigenvalue weighted by molar-refractivity contribution is 6.31. The van der Waals surface area contributed by atoms with Gasteiger partial charge in [0.15, 0.2) is 0 Å². The predicted molar refractivity (Wildman–Crippen MR) is 77.1 cm³/mol. The van der Waals surface area contributed by atoms with E-state index in [1.807, 2.05) is 6.92 Å². The Bertz CT molecular complexity index is 574. The van der Waals surface area contributed by atoms with Crippen LogP contribution in [-0.4, -0.2) is 25.5 Å². The zero-order valence-electron chi connectivity index (χ0n) is 11.7. The molecule has 0 aliphatic carbocycles. The first-order valence-electron chi connectivity index (χ1n) is 6.28. The quantitative estimate of drug-likeness (QED) is 0.898. The molecule has 1 fully saturated rings. The van der Waals surface area contributed by atoms with Crippen LogP contribution in [0.15, 0.2) is 12.1 Å². The number of hydrogen-bond donors (Lipinski definition) is 2. The van der Waals surface area contributed by atoms with Gasteiger partial charge in [0.25, 0.3) is 0 Å². The van der Waals surface area contributed by atoms with Gasteiger partial charge in [0.1, 0.15) is 5.75 Å². The van der Waals surface area contributed by atoms with Crippen LogP contribution in [0.4, 0.5) is 5.69 Å². The second-order valence-corrected chi connectivity index (χ2v) is 5.68. The standard InChI is InChI=1S/C14H17ClN2O3/c1-8-4-10(11(20-3)5-9(8)15)17-13(19)14(2)6-12(18)16-7-14/h4-5H,6-7H2,1-3H3,(H,16,18)(H,17,19). The molecule has 0 aromatic heterocycles. The predicted octanol–water partition coefficient (Wildman–Crippen LogP) is 2.12. The number of rotatable bonds is 3. The molecular formula is C14H17ClN2O3. The molecule has 1 unspecified atom stereocenters. The smallest absolute Gasteiger partial charge is 0.232 e. The Hall–Kier alpha value is -1.75. The van der Waals surface area contributed by atoms with Crippen molar-refractivity contribution in [3.63, 3.8) is 0 Å². The summed E-state index contributed by atoms with van der Waals surface area (Å²) in [6, 6.07) is 3.42. The number of anilines is 1. The van der Waals surface area contributed by atoms with Crippen LogP contribution in [0.1, 0.15) is 18.9 Å². The van der Waals surface area contributed by atoms with Crippen LogP contribution < -0.4 is 15.4 Å². The Balaban J connectivity index is 2.24. The summed E-state index contributed by atoms with van der Waals surface area (Å²) in [6.45, 7) is 3.95. The first-order valence-corrected chi connectivity index (χ1v) is 6.66. The summed E-state index contributed by atoms with van der Waals surface area (Å²) in [4.78, 5) is 23.7. The molecule has 0 radical (unpaired) electrons. The van der Waals surface area contributed by atoms with Crippen LogP contribution in [0.25, 0.3) is 0 Å². The van der Waals surface area contributed by atoms with Crippen LogP contribution in [0.5, 0.6) is 5.75 Å². The maximum Gasteiger partial charge on any atom is 0.232 e. The number of methoxy groups -OCH3 is 1. The molecule has 1 saturated heterocycles. The van der Waals surface area contributed by atoms with Gasteiger partial charge in [-0.3, -0.25) is 9.59 Å². The molecule has 1 aromatic carbocycles. The Morgan fingerprint density at radius 2 is 2.20 bits per heavy atom. The number of carbonyl (C=O) groups excluding carboxylic acids is 2. The van der Waals surface area contributed by atoms with Gasteiger partial charge in [-0.2, -0.15) is 0 Å². The topological polar surface area (TPSA) is 67.4 Å². The normalized spacial score (nSPS) is 21.5. The van der Waals surface area contributed by atoms with Gasteiger partial charge in [-0.25, -0.2) is 0 Å². The van der Waals surface area contributed by atoms with Crippen molar-refractivity contribution in [3.8, 4) is 5.75 Å². The van der Waals surface area contributed by atoms with Gasteiger partial charge in [0.2, 0.25) is 11.8 Å². The third kappa shape index (κ3) is 2.72. The maximum absolute atomic E-state index is 12.4. The molecule has 1 atom stereocenters. The molecule has 2 amide bonds. The maximum atomic E-state index is 12.4. The fourth-order valence-electron chi connectivity index (χ4n) is 2.14. The van der Waals surface area contributed by atoms with Crippen LogP contribution in [-0.2, 0) is 9.59 Å². The highest BCUT2D eigenvalue weighted by atomic mass is 35.5. The van der Waals surface area contributed by atoms with E-state index in [1.54, 1.807) is 19.1 Å². The van der Waals surface area contributed by atoms with E-state index in [2.05, 4.69) is 10.6 Å². The molecule has 108 valence electrons. The Labute approximate surface area is 122 Å². The number of nitrogens with one attached hydrogen (secondary N) is 2. The third-order valence-corrected chi connectivity index (χ3v) is 3.91. The molecule has 2 N–H and O–H groups in total. The van der Waals surface area contributed by atoms with Gasteiger partial charge in [-0.1, -0.05) is 11.6 Å². The second kappa shape index (κ2) is 5.32. The monoisotopic (exact) mass is 296 g/mol. The zero-order chi connectivity index (χ0) is 14.9. The summed E-state index contributed by atoms with van der Waals surface area (Å²) in [5.41, 5.74) is 0.656. The molecule has 1 aliphatic heterocycles. The van der Waals surface area contributed by atoms with E-state index in [4.69, 9.17) is 16.3 Å². The fourth-order valence-corrected chi connectivity index (χ4v) is 2.29. The second-order valence-electron chi connectivity index (χ2n) is 5.27. The summed E-state index contributed by atoms with van der Waals surface area (Å²) in [7, 11) is 1.51. The minimum atomic E-state index is -0.740. The highest BCUT2D eigenvalue weighted by Crippen LogP contribution is 2.33. The molecule has 5 nitrogen and oxygen atoms in total. The summed E-state index contributed by atoms with van der Waals surface area (Å²) >= 11 is 6.03. The van der Waals surface area contributed by atoms with Crippen molar-refractivity contribution in [1.29, 1.82) is 0 Å². The highest BCUT2D eigenvalue weighted by Gasteiger charge is 2.41. The lowest BCUT2D eigenvalue weighted by Gasteiger charge is -2.21. The van der Waals surface area contributed by atoms with Gasteiger partial charge < -0.3 is 15.4 Å². The van der Waals surface area contributed by atoms with Gasteiger partial charge in [0, 0.05) is 24.1 Å². The van der Waals surface area contributed by atoms with E-state index in [-0.39, 0.29) is 18.2 Å². The fraction of sp³-hybridized carbons (Fsp3) is 0.429. The summed E-state index contributed by atoms with van der Waals surface area (Å²) in [6.07, 6.45) is 0.188. The van der Waals surface area contributed by atoms with Crippen molar-refractivity contribution in [2.45, 2.75) is 20.3 Å². The average Bonchev–Trinajstić information content (AvgIpc) is 2.74. The van der Waals surface area contributed by atoms with Crippen LogP contribution in [0.2, 0.25) is 5.02 Å². The molecule has 0 spiro atoms. The van der Waals surface area contributed by atoms with Crippen molar-refractivity contribution in [2.75, 3.05) is 19.0 Å². The Morgan fingerprint density at radius 1 is 1.50 bits per heavy atom. The van der Waals surface area contributed by atoms with E-state index in [0.29, 0.717) is 23.0 Å². The number of halogens is 1. The average molecular weight is 297 g/mol. The van der Waals surface area contributed by atoms with Crippen molar-refractivity contribution in [2.24, 2.45) is 5.41 Å². The summed E-state index contributed by atoms with van der Waals surface area (Å²) < 4.78 is 5.22. The number of benzene rings is 1. The van der Waals surface area contributed by atoms with E-state index in [0.717, 1.165) is 5.56 Å². The summed E-state index contributed by atoms with van der Waals surface area (Å²) in [5, 5.41) is 6.06. The largest absolute Gasteiger partial charge is 0.495 e. The van der Waals surface area contributed by atoms with Crippen molar-refractivity contribution in [1.82, 2.24) is 5.32 Å². The minimum absolute atomic E-state index is 0.109. The SMILES string of the molecule is COc1cc(Cl)c(C)cc1NC(=O)C1(C)CNC(=O)C1. The molecule has 1 aromatic rings. The molecule has 1 aliphatic rings. The lowest BCUT2D eigenvalue weighted by molar-refractivity contribution is -0.126. The molecule has 20 heavy (non-hydrogen) atoms. The van der Waals surface area contributed by atoms with Crippen LogP contribution in [0.3, 0.4) is 0 Å². The number of hydrogen-bond acceptors (Lipinski definition) is 3. The number of carbonyl (C=O) groups is 2. The van der Waals surface area contributed by atoms with E-state index >= 15 is 0 Å². The van der Waals surface area contributed by atoms with Gasteiger partial charge in [0.05, 0.1) is 18.2 Å². The number of amides is 2. The van der Waals surface area contributed by atoms with Gasteiger partial charge in [-0.05, 0) is 25.5 Å². The Kier molecular flexibility index (Phi) is 3.90. The Morgan fingerprint density at radius 3 is 2.75 bits per heavy atom. The lowest BCUT2D eigenvalue weighted by Crippen LogP contribution is -2.35. The molecule has 0 saturated carbocycles. The van der Waals surface area contributed by atoms with Crippen LogP contribution >= 0.6 is 11.6 Å². The first-order chi connectivity index (χ1) is 9.35. The number of aryl methyl sites for hydroxylation is 1.